The van der Waals surface area contributed by atoms with Crippen molar-refractivity contribution in [3.8, 4) is 0 Å². The van der Waals surface area contributed by atoms with Crippen LogP contribution in [-0.4, -0.2) is 75.0 Å². The van der Waals surface area contributed by atoms with Gasteiger partial charge in [-0.05, 0) is 65.3 Å². The molecular formula is C15H30N2O2. The summed E-state index contributed by atoms with van der Waals surface area (Å²) in [6.07, 6.45) is 5.36. The van der Waals surface area contributed by atoms with Crippen LogP contribution in [0, 0.1) is 11.3 Å². The van der Waals surface area contributed by atoms with E-state index < -0.39 is 0 Å². The van der Waals surface area contributed by atoms with Crippen molar-refractivity contribution in [2.45, 2.75) is 25.7 Å². The maximum atomic E-state index is 9.48. The molecule has 2 aliphatic heterocycles. The third-order valence-electron chi connectivity index (χ3n) is 4.64. The van der Waals surface area contributed by atoms with E-state index in [-0.39, 0.29) is 12.0 Å². The minimum absolute atomic E-state index is 0.0533. The lowest BCUT2D eigenvalue weighted by Gasteiger charge is -2.45. The highest BCUT2D eigenvalue weighted by Crippen LogP contribution is 2.30. The standard InChI is InChI=1S/C15H30N2O2/c1-16(2)7-3-4-14-5-8-17(9-6-14)10-15(11-18)12-19-13-15/h14,18H,3-13H2,1-2H3. The molecule has 0 bridgehead atoms. The van der Waals surface area contributed by atoms with Gasteiger partial charge >= 0.3 is 0 Å². The van der Waals surface area contributed by atoms with E-state index in [2.05, 4.69) is 23.9 Å². The Morgan fingerprint density at radius 2 is 1.95 bits per heavy atom. The van der Waals surface area contributed by atoms with Gasteiger partial charge in [-0.2, -0.15) is 0 Å². The second kappa shape index (κ2) is 7.02. The highest BCUT2D eigenvalue weighted by Gasteiger charge is 2.40. The van der Waals surface area contributed by atoms with Gasteiger partial charge in [0.15, 0.2) is 0 Å². The van der Waals surface area contributed by atoms with E-state index in [0.717, 1.165) is 25.7 Å². The SMILES string of the molecule is CN(C)CCCC1CCN(CC2(CO)COC2)CC1. The monoisotopic (exact) mass is 270 g/mol. The molecular weight excluding hydrogens is 240 g/mol. The Morgan fingerprint density at radius 1 is 1.26 bits per heavy atom. The maximum Gasteiger partial charge on any atom is 0.0579 e. The molecule has 2 saturated heterocycles. The lowest BCUT2D eigenvalue weighted by molar-refractivity contribution is -0.150. The first-order chi connectivity index (χ1) is 9.13. The van der Waals surface area contributed by atoms with Crippen LogP contribution in [0.2, 0.25) is 0 Å². The lowest BCUT2D eigenvalue weighted by atomic mass is 9.84. The van der Waals surface area contributed by atoms with Crippen molar-refractivity contribution in [2.75, 3.05) is 60.1 Å². The Hall–Kier alpha value is -0.160. The average Bonchev–Trinajstić information content (AvgIpc) is 2.35. The Bertz CT molecular complexity index is 253. The summed E-state index contributed by atoms with van der Waals surface area (Å²) in [4.78, 5) is 4.80. The molecule has 2 fully saturated rings. The summed E-state index contributed by atoms with van der Waals surface area (Å²) in [6.45, 7) is 6.40. The smallest absolute Gasteiger partial charge is 0.0579 e. The normalized spacial score (nSPS) is 24.6. The van der Waals surface area contributed by atoms with Crippen molar-refractivity contribution in [3.63, 3.8) is 0 Å². The van der Waals surface area contributed by atoms with Crippen LogP contribution in [0.15, 0.2) is 0 Å². The van der Waals surface area contributed by atoms with Gasteiger partial charge in [-0.1, -0.05) is 0 Å². The van der Waals surface area contributed by atoms with E-state index >= 15 is 0 Å². The van der Waals surface area contributed by atoms with E-state index in [4.69, 9.17) is 4.74 Å². The summed E-state index contributed by atoms with van der Waals surface area (Å²) in [7, 11) is 4.30. The van der Waals surface area contributed by atoms with E-state index in [0.29, 0.717) is 0 Å². The molecule has 0 amide bonds. The molecule has 0 unspecified atom stereocenters. The minimum atomic E-state index is 0.0533. The number of piperidine rings is 1. The number of ether oxygens (including phenoxy) is 1. The number of hydrogen-bond donors (Lipinski definition) is 1. The Labute approximate surface area is 117 Å². The molecule has 0 aromatic heterocycles. The minimum Gasteiger partial charge on any atom is -0.396 e. The summed E-state index contributed by atoms with van der Waals surface area (Å²) in [5.41, 5.74) is 0.0533. The molecule has 2 heterocycles. The van der Waals surface area contributed by atoms with Crippen molar-refractivity contribution < 1.29 is 9.84 Å². The average molecular weight is 270 g/mol. The molecule has 0 aliphatic carbocycles. The van der Waals surface area contributed by atoms with Gasteiger partial charge in [-0.25, -0.2) is 0 Å². The summed E-state index contributed by atoms with van der Waals surface area (Å²) >= 11 is 0. The van der Waals surface area contributed by atoms with Gasteiger partial charge in [0.05, 0.1) is 25.2 Å². The van der Waals surface area contributed by atoms with Gasteiger partial charge in [0.25, 0.3) is 0 Å². The van der Waals surface area contributed by atoms with Gasteiger partial charge in [-0.15, -0.1) is 0 Å². The zero-order valence-corrected chi connectivity index (χ0v) is 12.6. The third kappa shape index (κ3) is 4.42. The molecule has 0 aromatic carbocycles. The second-order valence-corrected chi connectivity index (χ2v) is 6.82. The highest BCUT2D eigenvalue weighted by atomic mass is 16.5. The molecule has 0 radical (unpaired) electrons. The van der Waals surface area contributed by atoms with Gasteiger partial charge in [0, 0.05) is 6.54 Å². The van der Waals surface area contributed by atoms with Gasteiger partial charge in [0.2, 0.25) is 0 Å². The molecule has 0 saturated carbocycles. The molecule has 2 aliphatic rings. The lowest BCUT2D eigenvalue weighted by Crippen LogP contribution is -2.54. The second-order valence-electron chi connectivity index (χ2n) is 6.82. The number of aliphatic hydroxyl groups excluding tert-OH is 1. The van der Waals surface area contributed by atoms with Crippen LogP contribution in [0.25, 0.3) is 0 Å². The summed E-state index contributed by atoms with van der Waals surface area (Å²) in [5.74, 6) is 0.916. The number of rotatable bonds is 7. The van der Waals surface area contributed by atoms with Crippen molar-refractivity contribution in [2.24, 2.45) is 11.3 Å². The van der Waals surface area contributed by atoms with Gasteiger partial charge in [0.1, 0.15) is 0 Å². The van der Waals surface area contributed by atoms with E-state index in [1.165, 1.54) is 45.3 Å². The van der Waals surface area contributed by atoms with Crippen LogP contribution < -0.4 is 0 Å². The molecule has 4 heteroatoms. The van der Waals surface area contributed by atoms with Crippen LogP contribution in [0.5, 0.6) is 0 Å². The number of nitrogens with zero attached hydrogens (tertiary/aromatic N) is 2. The summed E-state index contributed by atoms with van der Waals surface area (Å²) in [6, 6.07) is 0. The maximum absolute atomic E-state index is 9.48. The Balaban J connectivity index is 1.62. The zero-order valence-electron chi connectivity index (χ0n) is 12.6. The fourth-order valence-electron chi connectivity index (χ4n) is 3.23. The first-order valence-corrected chi connectivity index (χ1v) is 7.69. The van der Waals surface area contributed by atoms with Crippen LogP contribution in [0.4, 0.5) is 0 Å². The molecule has 0 atom stereocenters. The fraction of sp³-hybridized carbons (Fsp3) is 1.00. The van der Waals surface area contributed by atoms with E-state index in [9.17, 15) is 5.11 Å². The van der Waals surface area contributed by atoms with E-state index in [1.54, 1.807) is 0 Å². The topological polar surface area (TPSA) is 35.9 Å². The molecule has 1 N–H and O–H groups in total. The molecule has 4 nitrogen and oxygen atoms in total. The first-order valence-electron chi connectivity index (χ1n) is 7.69. The quantitative estimate of drug-likeness (QED) is 0.750. The number of hydrogen-bond acceptors (Lipinski definition) is 4. The fourth-order valence-corrected chi connectivity index (χ4v) is 3.23. The van der Waals surface area contributed by atoms with E-state index in [1.807, 2.05) is 0 Å². The van der Waals surface area contributed by atoms with Gasteiger partial charge < -0.3 is 19.6 Å². The first kappa shape index (κ1) is 15.2. The summed E-state index contributed by atoms with van der Waals surface area (Å²) in [5, 5.41) is 9.48. The van der Waals surface area contributed by atoms with Gasteiger partial charge in [-0.3, -0.25) is 0 Å². The predicted molar refractivity (Wildman–Crippen MR) is 77.3 cm³/mol. The zero-order chi connectivity index (χ0) is 13.7. The number of likely N-dealkylation sites (tertiary alicyclic amines) is 1. The van der Waals surface area contributed by atoms with Crippen LogP contribution >= 0.6 is 0 Å². The Morgan fingerprint density at radius 3 is 2.42 bits per heavy atom. The van der Waals surface area contributed by atoms with Crippen molar-refractivity contribution >= 4 is 0 Å². The summed E-state index contributed by atoms with van der Waals surface area (Å²) < 4.78 is 5.28. The molecule has 0 spiro atoms. The molecule has 2 rings (SSSR count). The molecule has 0 aromatic rings. The Kier molecular flexibility index (Phi) is 5.63. The van der Waals surface area contributed by atoms with Crippen LogP contribution in [-0.2, 0) is 4.74 Å². The van der Waals surface area contributed by atoms with Crippen molar-refractivity contribution in [1.82, 2.24) is 9.80 Å². The third-order valence-corrected chi connectivity index (χ3v) is 4.64. The molecule has 19 heavy (non-hydrogen) atoms. The van der Waals surface area contributed by atoms with Crippen LogP contribution in [0.3, 0.4) is 0 Å². The molecule has 112 valence electrons. The highest BCUT2D eigenvalue weighted by molar-refractivity contribution is 4.89. The largest absolute Gasteiger partial charge is 0.396 e. The van der Waals surface area contributed by atoms with Crippen molar-refractivity contribution in [3.05, 3.63) is 0 Å². The van der Waals surface area contributed by atoms with Crippen molar-refractivity contribution in [1.29, 1.82) is 0 Å². The predicted octanol–water partition coefficient (Wildman–Crippen LogP) is 1.05. The number of aliphatic hydroxyl groups is 1. The van der Waals surface area contributed by atoms with Crippen LogP contribution in [0.1, 0.15) is 25.7 Å².